The van der Waals surface area contributed by atoms with Crippen LogP contribution in [0, 0.1) is 18.7 Å². The zero-order chi connectivity index (χ0) is 12.8. The van der Waals surface area contributed by atoms with Crippen LogP contribution >= 0.6 is 0 Å². The highest BCUT2D eigenvalue weighted by atomic mass is 19.1. The first-order chi connectivity index (χ1) is 8.10. The number of nitrogens with one attached hydrogen (secondary N) is 1. The lowest BCUT2D eigenvalue weighted by Gasteiger charge is -2.26. The molecule has 1 nitrogen and oxygen atoms in total. The van der Waals surface area contributed by atoms with E-state index in [9.17, 15) is 4.39 Å². The lowest BCUT2D eigenvalue weighted by atomic mass is 9.88. The van der Waals surface area contributed by atoms with Crippen molar-refractivity contribution < 1.29 is 4.39 Å². The summed E-state index contributed by atoms with van der Waals surface area (Å²) < 4.78 is 13.1. The van der Waals surface area contributed by atoms with Crippen LogP contribution in [0.15, 0.2) is 18.2 Å². The lowest BCUT2D eigenvalue weighted by Crippen LogP contribution is -2.27. The first-order valence-electron chi connectivity index (χ1n) is 6.59. The summed E-state index contributed by atoms with van der Waals surface area (Å²) in [6.45, 7) is 9.51. The molecular weight excluding hydrogens is 213 g/mol. The summed E-state index contributed by atoms with van der Waals surface area (Å²) in [4.78, 5) is 0. The second kappa shape index (κ2) is 6.75. The topological polar surface area (TPSA) is 12.0 Å². The van der Waals surface area contributed by atoms with Gasteiger partial charge in [0.1, 0.15) is 5.82 Å². The molecule has 1 rings (SSSR count). The maximum atomic E-state index is 13.1. The zero-order valence-electron chi connectivity index (χ0n) is 11.4. The summed E-state index contributed by atoms with van der Waals surface area (Å²) in [5.74, 6) is 0.425. The molecule has 0 aliphatic rings. The van der Waals surface area contributed by atoms with Gasteiger partial charge in [0, 0.05) is 6.04 Å². The van der Waals surface area contributed by atoms with Crippen molar-refractivity contribution >= 4 is 0 Å². The second-order valence-corrected chi connectivity index (χ2v) is 4.80. The highest BCUT2D eigenvalue weighted by molar-refractivity contribution is 5.30. The molecule has 0 saturated carbocycles. The molecule has 2 heteroatoms. The normalized spacial score (nSPS) is 14.6. The van der Waals surface area contributed by atoms with E-state index in [2.05, 4.69) is 26.1 Å². The molecule has 96 valence electrons. The number of benzene rings is 1. The van der Waals surface area contributed by atoms with Gasteiger partial charge in [-0.05, 0) is 49.1 Å². The SMILES string of the molecule is CCCC(C)C(NCC)c1ccc(F)cc1C. The highest BCUT2D eigenvalue weighted by Crippen LogP contribution is 2.28. The van der Waals surface area contributed by atoms with Gasteiger partial charge in [0.25, 0.3) is 0 Å². The minimum absolute atomic E-state index is 0.148. The molecule has 0 heterocycles. The fourth-order valence-electron chi connectivity index (χ4n) is 2.45. The molecule has 1 N–H and O–H groups in total. The molecule has 0 bridgehead atoms. The molecule has 0 aromatic heterocycles. The summed E-state index contributed by atoms with van der Waals surface area (Å²) in [5.41, 5.74) is 2.27. The maximum Gasteiger partial charge on any atom is 0.123 e. The van der Waals surface area contributed by atoms with Gasteiger partial charge in [-0.2, -0.15) is 0 Å². The fourth-order valence-corrected chi connectivity index (χ4v) is 2.45. The lowest BCUT2D eigenvalue weighted by molar-refractivity contribution is 0.367. The average Bonchev–Trinajstić information content (AvgIpc) is 2.27. The number of aryl methyl sites for hydroxylation is 1. The summed E-state index contributed by atoms with van der Waals surface area (Å²) in [7, 11) is 0. The van der Waals surface area contributed by atoms with Gasteiger partial charge >= 0.3 is 0 Å². The van der Waals surface area contributed by atoms with Crippen LogP contribution in [-0.2, 0) is 0 Å². The predicted molar refractivity (Wildman–Crippen MR) is 71.6 cm³/mol. The van der Waals surface area contributed by atoms with E-state index in [-0.39, 0.29) is 5.82 Å². The van der Waals surface area contributed by atoms with Crippen LogP contribution in [0.5, 0.6) is 0 Å². The Balaban J connectivity index is 2.96. The van der Waals surface area contributed by atoms with Gasteiger partial charge in [-0.1, -0.05) is 33.3 Å². The molecule has 2 unspecified atom stereocenters. The molecule has 0 saturated heterocycles. The predicted octanol–water partition coefficient (Wildman–Crippen LogP) is 4.22. The van der Waals surface area contributed by atoms with Crippen molar-refractivity contribution in [2.24, 2.45) is 5.92 Å². The minimum Gasteiger partial charge on any atom is -0.310 e. The Morgan fingerprint density at radius 2 is 2.00 bits per heavy atom. The largest absolute Gasteiger partial charge is 0.310 e. The van der Waals surface area contributed by atoms with Gasteiger partial charge in [0.05, 0.1) is 0 Å². The van der Waals surface area contributed by atoms with Gasteiger partial charge in [-0.15, -0.1) is 0 Å². The molecule has 17 heavy (non-hydrogen) atoms. The van der Waals surface area contributed by atoms with E-state index < -0.39 is 0 Å². The summed E-state index contributed by atoms with van der Waals surface area (Å²) in [6.07, 6.45) is 2.37. The Morgan fingerprint density at radius 1 is 1.29 bits per heavy atom. The van der Waals surface area contributed by atoms with E-state index in [0.29, 0.717) is 12.0 Å². The first-order valence-corrected chi connectivity index (χ1v) is 6.59. The monoisotopic (exact) mass is 237 g/mol. The molecule has 1 aromatic carbocycles. The quantitative estimate of drug-likeness (QED) is 0.781. The van der Waals surface area contributed by atoms with Crippen molar-refractivity contribution in [3.05, 3.63) is 35.1 Å². The molecule has 0 radical (unpaired) electrons. The van der Waals surface area contributed by atoms with Gasteiger partial charge < -0.3 is 5.32 Å². The number of halogens is 1. The van der Waals surface area contributed by atoms with Gasteiger partial charge in [-0.3, -0.25) is 0 Å². The van der Waals surface area contributed by atoms with E-state index in [1.807, 2.05) is 13.0 Å². The number of hydrogen-bond donors (Lipinski definition) is 1. The average molecular weight is 237 g/mol. The van der Waals surface area contributed by atoms with Crippen molar-refractivity contribution in [3.8, 4) is 0 Å². The molecule has 2 atom stereocenters. The third-order valence-electron chi connectivity index (χ3n) is 3.30. The summed E-state index contributed by atoms with van der Waals surface area (Å²) >= 11 is 0. The van der Waals surface area contributed by atoms with Crippen LogP contribution in [-0.4, -0.2) is 6.54 Å². The third kappa shape index (κ3) is 3.81. The Labute approximate surface area is 104 Å². The smallest absolute Gasteiger partial charge is 0.123 e. The molecular formula is C15H24FN. The van der Waals surface area contributed by atoms with Crippen LogP contribution < -0.4 is 5.32 Å². The van der Waals surface area contributed by atoms with E-state index in [0.717, 1.165) is 12.1 Å². The molecule has 1 aromatic rings. The van der Waals surface area contributed by atoms with E-state index in [1.54, 1.807) is 12.1 Å². The number of rotatable bonds is 6. The molecule has 0 aliphatic heterocycles. The van der Waals surface area contributed by atoms with Crippen LogP contribution in [0.25, 0.3) is 0 Å². The summed E-state index contributed by atoms with van der Waals surface area (Å²) in [5, 5.41) is 3.52. The van der Waals surface area contributed by atoms with Crippen LogP contribution in [0.2, 0.25) is 0 Å². The van der Waals surface area contributed by atoms with Gasteiger partial charge in [0.2, 0.25) is 0 Å². The van der Waals surface area contributed by atoms with Crippen molar-refractivity contribution in [1.82, 2.24) is 5.32 Å². The Hall–Kier alpha value is -0.890. The van der Waals surface area contributed by atoms with Crippen molar-refractivity contribution in [1.29, 1.82) is 0 Å². The van der Waals surface area contributed by atoms with Crippen molar-refractivity contribution in [2.45, 2.75) is 46.6 Å². The molecule has 0 aliphatic carbocycles. The van der Waals surface area contributed by atoms with E-state index >= 15 is 0 Å². The highest BCUT2D eigenvalue weighted by Gasteiger charge is 2.19. The van der Waals surface area contributed by atoms with E-state index in [4.69, 9.17) is 0 Å². The minimum atomic E-state index is -0.148. The van der Waals surface area contributed by atoms with Gasteiger partial charge in [0.15, 0.2) is 0 Å². The first kappa shape index (κ1) is 14.2. The van der Waals surface area contributed by atoms with E-state index in [1.165, 1.54) is 18.4 Å². The van der Waals surface area contributed by atoms with Crippen LogP contribution in [0.1, 0.15) is 50.8 Å². The van der Waals surface area contributed by atoms with Crippen LogP contribution in [0.3, 0.4) is 0 Å². The standard InChI is InChI=1S/C15H24FN/c1-5-7-11(3)15(17-6-2)14-9-8-13(16)10-12(14)4/h8-11,15,17H,5-7H2,1-4H3. The second-order valence-electron chi connectivity index (χ2n) is 4.80. The maximum absolute atomic E-state index is 13.1. The third-order valence-corrected chi connectivity index (χ3v) is 3.30. The number of hydrogen-bond acceptors (Lipinski definition) is 1. The van der Waals surface area contributed by atoms with Crippen molar-refractivity contribution in [2.75, 3.05) is 6.54 Å². The molecule has 0 spiro atoms. The zero-order valence-corrected chi connectivity index (χ0v) is 11.4. The fraction of sp³-hybridized carbons (Fsp3) is 0.600. The summed E-state index contributed by atoms with van der Waals surface area (Å²) in [6, 6.07) is 5.44. The van der Waals surface area contributed by atoms with Gasteiger partial charge in [-0.25, -0.2) is 4.39 Å². The Kier molecular flexibility index (Phi) is 5.63. The molecule has 0 fully saturated rings. The Morgan fingerprint density at radius 3 is 2.53 bits per heavy atom. The molecule has 0 amide bonds. The van der Waals surface area contributed by atoms with Crippen molar-refractivity contribution in [3.63, 3.8) is 0 Å². The Bertz CT molecular complexity index is 349. The van der Waals surface area contributed by atoms with Crippen LogP contribution in [0.4, 0.5) is 4.39 Å².